The number of hydrogen-bond donors (Lipinski definition) is 1. The number of likely N-dealkylation sites (N-methyl/N-ethyl adjacent to an activating group) is 1. The highest BCUT2D eigenvalue weighted by atomic mass is 79.9. The molecular formula is C13H18BrFN2. The van der Waals surface area contributed by atoms with Gasteiger partial charge in [-0.05, 0) is 43.7 Å². The number of nitrogens with zero attached hydrogens (tertiary/aromatic N) is 1. The fourth-order valence-corrected chi connectivity index (χ4v) is 2.35. The molecule has 1 aromatic rings. The fraction of sp³-hybridized carbons (Fsp3) is 0.538. The summed E-state index contributed by atoms with van der Waals surface area (Å²) in [6.07, 6.45) is 2.64. The van der Waals surface area contributed by atoms with Crippen molar-refractivity contribution in [1.82, 2.24) is 10.2 Å². The molecule has 1 aliphatic rings. The highest BCUT2D eigenvalue weighted by Gasteiger charge is 2.19. The third kappa shape index (κ3) is 4.74. The van der Waals surface area contributed by atoms with Crippen LogP contribution < -0.4 is 5.32 Å². The van der Waals surface area contributed by atoms with Crippen LogP contribution >= 0.6 is 15.9 Å². The van der Waals surface area contributed by atoms with Crippen LogP contribution in [0.2, 0.25) is 0 Å². The summed E-state index contributed by atoms with van der Waals surface area (Å²) >= 11 is 3.31. The van der Waals surface area contributed by atoms with Crippen molar-refractivity contribution in [3.8, 4) is 0 Å². The van der Waals surface area contributed by atoms with Crippen LogP contribution in [0.15, 0.2) is 22.7 Å². The van der Waals surface area contributed by atoms with Crippen LogP contribution in [-0.2, 0) is 6.54 Å². The van der Waals surface area contributed by atoms with Crippen molar-refractivity contribution in [3.05, 3.63) is 34.1 Å². The zero-order valence-electron chi connectivity index (χ0n) is 10.0. The van der Waals surface area contributed by atoms with Crippen LogP contribution in [0.4, 0.5) is 4.39 Å². The monoisotopic (exact) mass is 300 g/mol. The third-order valence-electron chi connectivity index (χ3n) is 2.88. The van der Waals surface area contributed by atoms with Gasteiger partial charge >= 0.3 is 0 Å². The molecule has 0 spiro atoms. The van der Waals surface area contributed by atoms with E-state index < -0.39 is 0 Å². The molecule has 1 saturated carbocycles. The van der Waals surface area contributed by atoms with Gasteiger partial charge in [-0.2, -0.15) is 0 Å². The van der Waals surface area contributed by atoms with E-state index in [9.17, 15) is 4.39 Å². The van der Waals surface area contributed by atoms with E-state index in [-0.39, 0.29) is 5.82 Å². The molecule has 17 heavy (non-hydrogen) atoms. The average molecular weight is 301 g/mol. The molecule has 4 heteroatoms. The SMILES string of the molecule is CN(CCNC1CC1)Cc1cc(F)cc(Br)c1. The van der Waals surface area contributed by atoms with E-state index in [0.717, 1.165) is 35.7 Å². The Labute approximate surface area is 110 Å². The molecule has 0 atom stereocenters. The van der Waals surface area contributed by atoms with Crippen molar-refractivity contribution >= 4 is 15.9 Å². The van der Waals surface area contributed by atoms with Gasteiger partial charge in [0.25, 0.3) is 0 Å². The highest BCUT2D eigenvalue weighted by molar-refractivity contribution is 9.10. The lowest BCUT2D eigenvalue weighted by Gasteiger charge is -2.17. The van der Waals surface area contributed by atoms with Gasteiger partial charge in [-0.1, -0.05) is 15.9 Å². The fourth-order valence-electron chi connectivity index (χ4n) is 1.84. The number of benzene rings is 1. The summed E-state index contributed by atoms with van der Waals surface area (Å²) in [7, 11) is 2.06. The molecular weight excluding hydrogens is 283 g/mol. The van der Waals surface area contributed by atoms with Crippen molar-refractivity contribution in [2.45, 2.75) is 25.4 Å². The molecule has 0 aromatic heterocycles. The maximum absolute atomic E-state index is 13.2. The summed E-state index contributed by atoms with van der Waals surface area (Å²) in [6.45, 7) is 2.78. The van der Waals surface area contributed by atoms with Crippen LogP contribution in [0.5, 0.6) is 0 Å². The van der Waals surface area contributed by atoms with Crippen molar-refractivity contribution in [2.24, 2.45) is 0 Å². The quantitative estimate of drug-likeness (QED) is 0.869. The van der Waals surface area contributed by atoms with Gasteiger partial charge < -0.3 is 10.2 Å². The molecule has 2 nitrogen and oxygen atoms in total. The maximum Gasteiger partial charge on any atom is 0.124 e. The number of nitrogens with one attached hydrogen (secondary N) is 1. The Bertz CT molecular complexity index is 359. The number of hydrogen-bond acceptors (Lipinski definition) is 2. The first-order chi connectivity index (χ1) is 8.13. The summed E-state index contributed by atoms with van der Waals surface area (Å²) < 4.78 is 14.0. The van der Waals surface area contributed by atoms with E-state index in [1.807, 2.05) is 6.07 Å². The highest BCUT2D eigenvalue weighted by Crippen LogP contribution is 2.18. The lowest BCUT2D eigenvalue weighted by atomic mass is 10.2. The summed E-state index contributed by atoms with van der Waals surface area (Å²) in [5.74, 6) is -0.182. The molecule has 0 saturated heterocycles. The Morgan fingerprint density at radius 3 is 2.82 bits per heavy atom. The Kier molecular flexibility index (Phi) is 4.54. The molecule has 0 amide bonds. The minimum absolute atomic E-state index is 0.182. The molecule has 2 rings (SSSR count). The Morgan fingerprint density at radius 1 is 1.41 bits per heavy atom. The van der Waals surface area contributed by atoms with Gasteiger partial charge in [-0.25, -0.2) is 4.39 Å². The van der Waals surface area contributed by atoms with Crippen LogP contribution in [0.3, 0.4) is 0 Å². The third-order valence-corrected chi connectivity index (χ3v) is 3.34. The molecule has 0 heterocycles. The van der Waals surface area contributed by atoms with Crippen molar-refractivity contribution in [3.63, 3.8) is 0 Å². The van der Waals surface area contributed by atoms with Crippen molar-refractivity contribution in [1.29, 1.82) is 0 Å². The van der Waals surface area contributed by atoms with Gasteiger partial charge in [0.2, 0.25) is 0 Å². The molecule has 1 N–H and O–H groups in total. The van der Waals surface area contributed by atoms with E-state index in [0.29, 0.717) is 0 Å². The molecule has 94 valence electrons. The normalized spacial score (nSPS) is 15.5. The first-order valence-electron chi connectivity index (χ1n) is 6.00. The smallest absolute Gasteiger partial charge is 0.124 e. The van der Waals surface area contributed by atoms with Gasteiger partial charge in [0, 0.05) is 30.1 Å². The van der Waals surface area contributed by atoms with Gasteiger partial charge in [0.05, 0.1) is 0 Å². The predicted octanol–water partition coefficient (Wildman–Crippen LogP) is 2.77. The molecule has 1 fully saturated rings. The first-order valence-corrected chi connectivity index (χ1v) is 6.79. The lowest BCUT2D eigenvalue weighted by Crippen LogP contribution is -2.30. The van der Waals surface area contributed by atoms with E-state index in [4.69, 9.17) is 0 Å². The summed E-state index contributed by atoms with van der Waals surface area (Å²) in [4.78, 5) is 2.20. The summed E-state index contributed by atoms with van der Waals surface area (Å²) in [6, 6.07) is 5.80. The molecule has 0 unspecified atom stereocenters. The average Bonchev–Trinajstić information content (AvgIpc) is 2.99. The topological polar surface area (TPSA) is 15.3 Å². The van der Waals surface area contributed by atoms with E-state index in [1.165, 1.54) is 18.9 Å². The summed E-state index contributed by atoms with van der Waals surface area (Å²) in [5, 5.41) is 3.47. The van der Waals surface area contributed by atoms with Gasteiger partial charge in [-0.3, -0.25) is 0 Å². The molecule has 0 radical (unpaired) electrons. The Balaban J connectivity index is 1.77. The standard InChI is InChI=1S/C13H18BrFN2/c1-17(5-4-16-13-2-3-13)9-10-6-11(14)8-12(15)7-10/h6-8,13,16H,2-5,9H2,1H3. The second-order valence-corrected chi connectivity index (χ2v) is 5.66. The van der Waals surface area contributed by atoms with Crippen LogP contribution in [0.25, 0.3) is 0 Å². The van der Waals surface area contributed by atoms with Gasteiger partial charge in [0.15, 0.2) is 0 Å². The number of rotatable bonds is 6. The largest absolute Gasteiger partial charge is 0.313 e. The van der Waals surface area contributed by atoms with Crippen LogP contribution in [-0.4, -0.2) is 31.1 Å². The molecule has 1 aromatic carbocycles. The maximum atomic E-state index is 13.2. The Morgan fingerprint density at radius 2 is 2.18 bits per heavy atom. The predicted molar refractivity (Wildman–Crippen MR) is 71.5 cm³/mol. The Hall–Kier alpha value is -0.450. The molecule has 1 aliphatic carbocycles. The van der Waals surface area contributed by atoms with E-state index in [2.05, 4.69) is 33.2 Å². The van der Waals surface area contributed by atoms with Crippen LogP contribution in [0, 0.1) is 5.82 Å². The minimum atomic E-state index is -0.182. The van der Waals surface area contributed by atoms with E-state index in [1.54, 1.807) is 6.07 Å². The first kappa shape index (κ1) is 13.0. The molecule has 0 bridgehead atoms. The zero-order valence-corrected chi connectivity index (χ0v) is 11.6. The molecule has 0 aliphatic heterocycles. The van der Waals surface area contributed by atoms with Crippen LogP contribution in [0.1, 0.15) is 18.4 Å². The second-order valence-electron chi connectivity index (χ2n) is 4.74. The van der Waals surface area contributed by atoms with E-state index >= 15 is 0 Å². The van der Waals surface area contributed by atoms with Gasteiger partial charge in [-0.15, -0.1) is 0 Å². The van der Waals surface area contributed by atoms with Crippen molar-refractivity contribution < 1.29 is 4.39 Å². The lowest BCUT2D eigenvalue weighted by molar-refractivity contribution is 0.323. The minimum Gasteiger partial charge on any atom is -0.313 e. The van der Waals surface area contributed by atoms with Gasteiger partial charge in [0.1, 0.15) is 5.82 Å². The van der Waals surface area contributed by atoms with Crippen molar-refractivity contribution in [2.75, 3.05) is 20.1 Å². The second kappa shape index (κ2) is 5.94. The zero-order chi connectivity index (χ0) is 12.3. The number of halogens is 2. The summed E-state index contributed by atoms with van der Waals surface area (Å²) in [5.41, 5.74) is 1.01.